The Morgan fingerprint density at radius 1 is 1.15 bits per heavy atom. The Hall–Kier alpha value is 0.140. The topological polar surface area (TPSA) is 18.5 Å². The first-order chi connectivity index (χ1) is 6.20. The molecule has 72 valence electrons. The molecule has 0 aliphatic carbocycles. The fraction of sp³-hybridized carbons (Fsp3) is 0.250. The molecule has 0 N–H and O–H groups in total. The first kappa shape index (κ1) is 11.2. The van der Waals surface area contributed by atoms with Crippen molar-refractivity contribution in [3.8, 4) is 0 Å². The van der Waals surface area contributed by atoms with E-state index in [0.29, 0.717) is 0 Å². The van der Waals surface area contributed by atoms with Gasteiger partial charge in [-0.25, -0.2) is 0 Å². The second kappa shape index (κ2) is 5.13. The molecule has 0 spiro atoms. The second-order valence-corrected chi connectivity index (χ2v) is 8.62. The van der Waals surface area contributed by atoms with Crippen molar-refractivity contribution in [2.24, 2.45) is 0 Å². The van der Waals surface area contributed by atoms with E-state index in [2.05, 4.69) is 0 Å². The number of rotatable bonds is 4. The van der Waals surface area contributed by atoms with E-state index in [4.69, 9.17) is 20.9 Å². The molecule has 1 aromatic rings. The summed E-state index contributed by atoms with van der Waals surface area (Å²) in [6.07, 6.45) is 0. The lowest BCUT2D eigenvalue weighted by molar-refractivity contribution is 0.354. The van der Waals surface area contributed by atoms with Gasteiger partial charge >= 0.3 is 0 Å². The monoisotopic (exact) mass is 234 g/mol. The Kier molecular flexibility index (Phi) is 4.42. The molecule has 0 aromatic heterocycles. The van der Waals surface area contributed by atoms with Crippen LogP contribution in [0, 0.1) is 0 Å². The molecule has 0 saturated carbocycles. The van der Waals surface area contributed by atoms with Crippen molar-refractivity contribution < 1.29 is 9.05 Å². The molecule has 0 atom stereocenters. The maximum atomic E-state index is 5.22. The summed E-state index contributed by atoms with van der Waals surface area (Å²) in [4.78, 5) is 1.08. The molecule has 13 heavy (non-hydrogen) atoms. The number of hydrogen-bond donors (Lipinski definition) is 0. The maximum absolute atomic E-state index is 5.22. The lowest BCUT2D eigenvalue weighted by Crippen LogP contribution is -1.82. The fourth-order valence-electron chi connectivity index (χ4n) is 0.760. The standard InChI is InChI=1S/C8H11O2PS2/c1-9-11(12,10-2)13-8-6-4-3-5-7-8/h3-7H,1-2H3. The summed E-state index contributed by atoms with van der Waals surface area (Å²) >= 11 is 6.69. The maximum Gasteiger partial charge on any atom is 0.251 e. The van der Waals surface area contributed by atoms with E-state index in [0.717, 1.165) is 4.90 Å². The van der Waals surface area contributed by atoms with Crippen LogP contribution in [0.4, 0.5) is 0 Å². The summed E-state index contributed by atoms with van der Waals surface area (Å²) in [5.74, 6) is 0. The van der Waals surface area contributed by atoms with Crippen LogP contribution in [-0.4, -0.2) is 14.2 Å². The highest BCUT2D eigenvalue weighted by Gasteiger charge is 2.16. The van der Waals surface area contributed by atoms with E-state index in [1.165, 1.54) is 11.4 Å². The van der Waals surface area contributed by atoms with E-state index in [1.54, 1.807) is 14.2 Å². The normalized spacial score (nSPS) is 11.5. The van der Waals surface area contributed by atoms with Gasteiger partial charge in [0.25, 0.3) is 5.69 Å². The van der Waals surface area contributed by atoms with Crippen molar-refractivity contribution in [3.05, 3.63) is 30.3 Å². The minimum atomic E-state index is -2.15. The van der Waals surface area contributed by atoms with Gasteiger partial charge in [0.05, 0.1) is 0 Å². The molecule has 1 rings (SSSR count). The smallest absolute Gasteiger partial charge is 0.251 e. The van der Waals surface area contributed by atoms with Gasteiger partial charge in [0.1, 0.15) is 0 Å². The quantitative estimate of drug-likeness (QED) is 0.744. The Balaban J connectivity index is 2.74. The van der Waals surface area contributed by atoms with Crippen molar-refractivity contribution in [2.75, 3.05) is 14.2 Å². The highest BCUT2D eigenvalue weighted by atomic mass is 32.9. The summed E-state index contributed by atoms with van der Waals surface area (Å²) in [5, 5.41) is 0. The van der Waals surface area contributed by atoms with Gasteiger partial charge < -0.3 is 9.05 Å². The van der Waals surface area contributed by atoms with Crippen molar-refractivity contribution in [1.82, 2.24) is 0 Å². The van der Waals surface area contributed by atoms with Gasteiger partial charge in [-0.2, -0.15) is 0 Å². The first-order valence-electron chi connectivity index (χ1n) is 3.66. The van der Waals surface area contributed by atoms with Crippen molar-refractivity contribution in [1.29, 1.82) is 0 Å². The highest BCUT2D eigenvalue weighted by Crippen LogP contribution is 2.62. The van der Waals surface area contributed by atoms with E-state index in [9.17, 15) is 0 Å². The summed E-state index contributed by atoms with van der Waals surface area (Å²) < 4.78 is 10.3. The van der Waals surface area contributed by atoms with Crippen LogP contribution in [0.15, 0.2) is 35.2 Å². The van der Waals surface area contributed by atoms with Crippen LogP contribution >= 0.6 is 17.1 Å². The van der Waals surface area contributed by atoms with Gasteiger partial charge in [0.15, 0.2) is 0 Å². The van der Waals surface area contributed by atoms with Crippen LogP contribution in [-0.2, 0) is 20.9 Å². The Morgan fingerprint density at radius 3 is 2.15 bits per heavy atom. The molecule has 0 bridgehead atoms. The predicted octanol–water partition coefficient (Wildman–Crippen LogP) is 3.30. The molecule has 0 aliphatic heterocycles. The van der Waals surface area contributed by atoms with Crippen LogP contribution in [0.3, 0.4) is 0 Å². The second-order valence-electron chi connectivity index (χ2n) is 2.22. The Labute approximate surface area is 87.6 Å². The predicted molar refractivity (Wildman–Crippen MR) is 60.6 cm³/mol. The molecule has 0 saturated heterocycles. The van der Waals surface area contributed by atoms with E-state index < -0.39 is 5.69 Å². The largest absolute Gasteiger partial charge is 0.325 e. The molecule has 0 aliphatic rings. The molecule has 0 heterocycles. The van der Waals surface area contributed by atoms with Crippen molar-refractivity contribution in [3.63, 3.8) is 0 Å². The molecule has 0 unspecified atom stereocenters. The minimum absolute atomic E-state index is 1.08. The summed E-state index contributed by atoms with van der Waals surface area (Å²) in [5.41, 5.74) is -2.15. The molecule has 0 amide bonds. The van der Waals surface area contributed by atoms with Gasteiger partial charge in [-0.15, -0.1) is 0 Å². The summed E-state index contributed by atoms with van der Waals surface area (Å²) in [6, 6.07) is 9.88. The summed E-state index contributed by atoms with van der Waals surface area (Å²) in [7, 11) is 3.17. The lowest BCUT2D eigenvalue weighted by Gasteiger charge is -2.15. The third-order valence-corrected chi connectivity index (χ3v) is 6.77. The van der Waals surface area contributed by atoms with Gasteiger partial charge in [-0.05, 0) is 35.3 Å². The van der Waals surface area contributed by atoms with Crippen molar-refractivity contribution in [2.45, 2.75) is 4.90 Å². The Bertz CT molecular complexity index is 294. The SMILES string of the molecule is COP(=S)(OC)Sc1ccccc1. The fourth-order valence-corrected chi connectivity index (χ4v) is 3.96. The average Bonchev–Trinajstić information content (AvgIpc) is 2.19. The summed E-state index contributed by atoms with van der Waals surface area (Å²) in [6.45, 7) is 0. The van der Waals surface area contributed by atoms with Crippen LogP contribution in [0.5, 0.6) is 0 Å². The van der Waals surface area contributed by atoms with Gasteiger partial charge in [-0.1, -0.05) is 18.2 Å². The van der Waals surface area contributed by atoms with Crippen LogP contribution in [0.1, 0.15) is 0 Å². The van der Waals surface area contributed by atoms with Gasteiger partial charge in [0, 0.05) is 19.1 Å². The van der Waals surface area contributed by atoms with Gasteiger partial charge in [0.2, 0.25) is 0 Å². The van der Waals surface area contributed by atoms with Crippen molar-refractivity contribution >= 4 is 28.9 Å². The number of benzene rings is 1. The minimum Gasteiger partial charge on any atom is -0.325 e. The third kappa shape index (κ3) is 3.41. The highest BCUT2D eigenvalue weighted by molar-refractivity contribution is 8.67. The number of hydrogen-bond acceptors (Lipinski definition) is 4. The van der Waals surface area contributed by atoms with Crippen LogP contribution in [0.2, 0.25) is 0 Å². The van der Waals surface area contributed by atoms with E-state index >= 15 is 0 Å². The van der Waals surface area contributed by atoms with Crippen LogP contribution < -0.4 is 0 Å². The molecule has 1 aromatic carbocycles. The zero-order valence-electron chi connectivity index (χ0n) is 7.47. The Morgan fingerprint density at radius 2 is 1.69 bits per heavy atom. The van der Waals surface area contributed by atoms with E-state index in [-0.39, 0.29) is 0 Å². The molecular formula is C8H11O2PS2. The molecular weight excluding hydrogens is 223 g/mol. The zero-order chi connectivity index (χ0) is 9.73. The molecule has 0 radical (unpaired) electrons. The first-order valence-corrected chi connectivity index (χ1v) is 7.72. The van der Waals surface area contributed by atoms with Crippen LogP contribution in [0.25, 0.3) is 0 Å². The average molecular weight is 234 g/mol. The lowest BCUT2D eigenvalue weighted by atomic mass is 10.4. The molecule has 5 heteroatoms. The zero-order valence-corrected chi connectivity index (χ0v) is 9.99. The molecule has 0 fully saturated rings. The van der Waals surface area contributed by atoms with Gasteiger partial charge in [-0.3, -0.25) is 0 Å². The third-order valence-electron chi connectivity index (χ3n) is 1.41. The molecule has 2 nitrogen and oxygen atoms in total. The van der Waals surface area contributed by atoms with E-state index in [1.807, 2.05) is 30.3 Å².